The van der Waals surface area contributed by atoms with Crippen LogP contribution in [0.1, 0.15) is 37.0 Å². The molecule has 0 fully saturated rings. The van der Waals surface area contributed by atoms with Crippen LogP contribution in [0.5, 0.6) is 0 Å². The number of nitrogens with two attached hydrogens (primary N) is 1. The summed E-state index contributed by atoms with van der Waals surface area (Å²) in [6.07, 6.45) is 2.69. The van der Waals surface area contributed by atoms with Gasteiger partial charge in [0.2, 0.25) is 5.91 Å². The van der Waals surface area contributed by atoms with Crippen LogP contribution in [0, 0.1) is 11.8 Å². The van der Waals surface area contributed by atoms with Gasteiger partial charge >= 0.3 is 0 Å². The smallest absolute Gasteiger partial charge is 0.220 e. The molecule has 3 nitrogen and oxygen atoms in total. The van der Waals surface area contributed by atoms with Gasteiger partial charge in [0.15, 0.2) is 0 Å². The zero-order chi connectivity index (χ0) is 14.7. The molecule has 0 saturated carbocycles. The van der Waals surface area contributed by atoms with E-state index < -0.39 is 0 Å². The van der Waals surface area contributed by atoms with E-state index in [0.29, 0.717) is 5.92 Å². The molecule has 0 bridgehead atoms. The highest BCUT2D eigenvalue weighted by atomic mass is 16.1. The van der Waals surface area contributed by atoms with Crippen molar-refractivity contribution in [1.29, 1.82) is 0 Å². The molecule has 0 heterocycles. The van der Waals surface area contributed by atoms with Crippen molar-refractivity contribution in [3.63, 3.8) is 0 Å². The first-order valence-corrected chi connectivity index (χ1v) is 7.54. The number of carbonyl (C=O) groups excluding carboxylic acids is 1. The molecule has 110 valence electrons. The van der Waals surface area contributed by atoms with Crippen LogP contribution in [-0.2, 0) is 24.2 Å². The molecule has 1 amide bonds. The first kappa shape index (κ1) is 15.0. The van der Waals surface area contributed by atoms with Crippen LogP contribution >= 0.6 is 0 Å². The summed E-state index contributed by atoms with van der Waals surface area (Å²) in [5, 5.41) is 0. The van der Waals surface area contributed by atoms with Crippen LogP contribution in [0.25, 0.3) is 0 Å². The maximum atomic E-state index is 11.3. The summed E-state index contributed by atoms with van der Waals surface area (Å²) in [5.41, 5.74) is 9.49. The third kappa shape index (κ3) is 3.83. The van der Waals surface area contributed by atoms with Crippen LogP contribution < -0.4 is 5.73 Å². The summed E-state index contributed by atoms with van der Waals surface area (Å²) in [5.74, 6) is 0.558. The van der Waals surface area contributed by atoms with Gasteiger partial charge in [-0.05, 0) is 48.9 Å². The van der Waals surface area contributed by atoms with Crippen molar-refractivity contribution >= 4 is 5.91 Å². The molecule has 1 aromatic carbocycles. The molecule has 2 N–H and O–H groups in total. The second-order valence-corrected chi connectivity index (χ2v) is 6.54. The second kappa shape index (κ2) is 6.40. The topological polar surface area (TPSA) is 46.3 Å². The minimum absolute atomic E-state index is 0.0250. The average molecular weight is 274 g/mol. The van der Waals surface area contributed by atoms with Gasteiger partial charge in [0.25, 0.3) is 0 Å². The van der Waals surface area contributed by atoms with E-state index in [1.54, 1.807) is 0 Å². The maximum absolute atomic E-state index is 11.3. The van der Waals surface area contributed by atoms with Gasteiger partial charge in [0, 0.05) is 19.0 Å². The van der Waals surface area contributed by atoms with Crippen molar-refractivity contribution in [3.05, 3.63) is 34.9 Å². The van der Waals surface area contributed by atoms with Gasteiger partial charge in [-0.3, -0.25) is 4.79 Å². The van der Waals surface area contributed by atoms with E-state index in [2.05, 4.69) is 44.0 Å². The number of primary amides is 1. The lowest BCUT2D eigenvalue weighted by Crippen LogP contribution is -2.28. The highest BCUT2D eigenvalue weighted by Crippen LogP contribution is 2.26. The molecular weight excluding hydrogens is 248 g/mol. The number of amides is 1. The molecule has 2 rings (SSSR count). The van der Waals surface area contributed by atoms with Crippen molar-refractivity contribution in [1.82, 2.24) is 4.90 Å². The zero-order valence-corrected chi connectivity index (χ0v) is 12.9. The van der Waals surface area contributed by atoms with E-state index in [9.17, 15) is 4.79 Å². The summed E-state index contributed by atoms with van der Waals surface area (Å²) in [7, 11) is 2.17. The Balaban J connectivity index is 2.04. The average Bonchev–Trinajstić information content (AvgIpc) is 2.36. The van der Waals surface area contributed by atoms with Crippen LogP contribution in [0.15, 0.2) is 18.2 Å². The highest BCUT2D eigenvalue weighted by molar-refractivity contribution is 5.77. The van der Waals surface area contributed by atoms with E-state index in [1.807, 2.05) is 0 Å². The highest BCUT2D eigenvalue weighted by Gasteiger charge is 2.22. The Morgan fingerprint density at radius 1 is 1.40 bits per heavy atom. The Hall–Kier alpha value is -1.35. The van der Waals surface area contributed by atoms with E-state index in [1.165, 1.54) is 16.7 Å². The second-order valence-electron chi connectivity index (χ2n) is 6.54. The van der Waals surface area contributed by atoms with Gasteiger partial charge < -0.3 is 10.6 Å². The number of fused-ring (bicyclic) bond motifs is 1. The minimum Gasteiger partial charge on any atom is -0.369 e. The summed E-state index contributed by atoms with van der Waals surface area (Å²) >= 11 is 0. The number of hydrogen-bond donors (Lipinski definition) is 1. The molecule has 20 heavy (non-hydrogen) atoms. The van der Waals surface area contributed by atoms with Crippen molar-refractivity contribution in [2.24, 2.45) is 17.6 Å². The Morgan fingerprint density at radius 3 is 2.80 bits per heavy atom. The minimum atomic E-state index is -0.156. The lowest BCUT2D eigenvalue weighted by molar-refractivity contribution is -0.122. The molecule has 0 saturated heterocycles. The molecular formula is C17H26N2O. The Labute approximate surface area is 122 Å². The quantitative estimate of drug-likeness (QED) is 0.896. The molecule has 1 unspecified atom stereocenters. The first-order valence-electron chi connectivity index (χ1n) is 7.54. The third-order valence-corrected chi connectivity index (χ3v) is 4.03. The number of carbonyl (C=O) groups is 1. The van der Waals surface area contributed by atoms with Crippen molar-refractivity contribution in [2.75, 3.05) is 13.6 Å². The number of hydrogen-bond acceptors (Lipinski definition) is 2. The summed E-state index contributed by atoms with van der Waals surface area (Å²) < 4.78 is 0. The largest absolute Gasteiger partial charge is 0.369 e. The SMILES string of the molecule is CC(C)CN(C)Cc1ccc2c(c1)CCC(C(N)=O)C2. The summed E-state index contributed by atoms with van der Waals surface area (Å²) in [4.78, 5) is 13.7. The fourth-order valence-corrected chi connectivity index (χ4v) is 3.15. The Morgan fingerprint density at radius 2 is 2.15 bits per heavy atom. The van der Waals surface area contributed by atoms with Gasteiger partial charge in [-0.25, -0.2) is 0 Å². The molecule has 3 heteroatoms. The lowest BCUT2D eigenvalue weighted by atomic mass is 9.83. The summed E-state index contributed by atoms with van der Waals surface area (Å²) in [6, 6.07) is 6.69. The number of benzene rings is 1. The van der Waals surface area contributed by atoms with Crippen LogP contribution in [0.4, 0.5) is 0 Å². The third-order valence-electron chi connectivity index (χ3n) is 4.03. The van der Waals surface area contributed by atoms with Gasteiger partial charge in [0.1, 0.15) is 0 Å². The predicted molar refractivity (Wildman–Crippen MR) is 82.3 cm³/mol. The van der Waals surface area contributed by atoms with Gasteiger partial charge in [-0.2, -0.15) is 0 Å². The van der Waals surface area contributed by atoms with Gasteiger partial charge in [-0.15, -0.1) is 0 Å². The summed E-state index contributed by atoms with van der Waals surface area (Å²) in [6.45, 7) is 6.59. The normalized spacial score (nSPS) is 18.4. The van der Waals surface area contributed by atoms with E-state index in [0.717, 1.165) is 32.4 Å². The van der Waals surface area contributed by atoms with Crippen molar-refractivity contribution in [3.8, 4) is 0 Å². The lowest BCUT2D eigenvalue weighted by Gasteiger charge is -2.24. The van der Waals surface area contributed by atoms with E-state index in [4.69, 9.17) is 5.73 Å². The molecule has 1 atom stereocenters. The number of aryl methyl sites for hydroxylation is 1. The molecule has 0 spiro atoms. The predicted octanol–water partition coefficient (Wildman–Crippen LogP) is 2.36. The molecule has 0 radical (unpaired) electrons. The van der Waals surface area contributed by atoms with Gasteiger partial charge in [-0.1, -0.05) is 32.0 Å². The molecule has 1 aliphatic carbocycles. The Kier molecular flexibility index (Phi) is 4.81. The van der Waals surface area contributed by atoms with Crippen LogP contribution in [0.3, 0.4) is 0 Å². The van der Waals surface area contributed by atoms with Crippen molar-refractivity contribution < 1.29 is 4.79 Å². The molecule has 1 aliphatic rings. The maximum Gasteiger partial charge on any atom is 0.220 e. The Bertz CT molecular complexity index is 482. The zero-order valence-electron chi connectivity index (χ0n) is 12.9. The van der Waals surface area contributed by atoms with Crippen LogP contribution in [0.2, 0.25) is 0 Å². The van der Waals surface area contributed by atoms with E-state index >= 15 is 0 Å². The fourth-order valence-electron chi connectivity index (χ4n) is 3.15. The van der Waals surface area contributed by atoms with Gasteiger partial charge in [0.05, 0.1) is 0 Å². The standard InChI is InChI=1S/C17H26N2O/c1-12(2)10-19(3)11-13-4-5-15-9-16(17(18)20)7-6-14(15)8-13/h4-5,8,12,16H,6-7,9-11H2,1-3H3,(H2,18,20). The number of rotatable bonds is 5. The monoisotopic (exact) mass is 274 g/mol. The molecule has 1 aromatic rings. The fraction of sp³-hybridized carbons (Fsp3) is 0.588. The molecule has 0 aliphatic heterocycles. The number of nitrogens with zero attached hydrogens (tertiary/aromatic N) is 1. The van der Waals surface area contributed by atoms with Crippen LogP contribution in [-0.4, -0.2) is 24.4 Å². The van der Waals surface area contributed by atoms with E-state index in [-0.39, 0.29) is 11.8 Å². The first-order chi connectivity index (χ1) is 9.45. The van der Waals surface area contributed by atoms with Crippen molar-refractivity contribution in [2.45, 2.75) is 39.7 Å². The molecule has 0 aromatic heterocycles.